The lowest BCUT2D eigenvalue weighted by Crippen LogP contribution is -2.51. The van der Waals surface area contributed by atoms with Crippen molar-refractivity contribution in [1.29, 1.82) is 0 Å². The summed E-state index contributed by atoms with van der Waals surface area (Å²) in [6.45, 7) is 7.22. The van der Waals surface area contributed by atoms with Gasteiger partial charge in [-0.05, 0) is 30.4 Å². The van der Waals surface area contributed by atoms with Gasteiger partial charge >= 0.3 is 0 Å². The first-order chi connectivity index (χ1) is 11.1. The SMILES string of the molecule is CC1CCN(C(=O)CN2CCNCC2c2ccccc2Cl)CC1. The number of hydrogen-bond acceptors (Lipinski definition) is 3. The minimum Gasteiger partial charge on any atom is -0.342 e. The van der Waals surface area contributed by atoms with Gasteiger partial charge in [-0.1, -0.05) is 36.7 Å². The Bertz CT molecular complexity index is 543. The first kappa shape index (κ1) is 16.7. The van der Waals surface area contributed by atoms with Crippen molar-refractivity contribution >= 4 is 17.5 Å². The van der Waals surface area contributed by atoms with Crippen LogP contribution in [-0.2, 0) is 4.79 Å². The first-order valence-corrected chi connectivity index (χ1v) is 9.00. The summed E-state index contributed by atoms with van der Waals surface area (Å²) in [6.07, 6.45) is 2.25. The highest BCUT2D eigenvalue weighted by Gasteiger charge is 2.29. The van der Waals surface area contributed by atoms with E-state index in [0.29, 0.717) is 6.54 Å². The lowest BCUT2D eigenvalue weighted by atomic mass is 9.99. The summed E-state index contributed by atoms with van der Waals surface area (Å²) in [5, 5.41) is 4.21. The number of benzene rings is 1. The molecule has 1 aromatic carbocycles. The summed E-state index contributed by atoms with van der Waals surface area (Å²) in [4.78, 5) is 17.0. The molecule has 0 aromatic heterocycles. The Labute approximate surface area is 143 Å². The fourth-order valence-electron chi connectivity index (χ4n) is 3.52. The van der Waals surface area contributed by atoms with Gasteiger partial charge in [0.2, 0.25) is 5.91 Å². The van der Waals surface area contributed by atoms with Crippen LogP contribution in [0.3, 0.4) is 0 Å². The number of likely N-dealkylation sites (tertiary alicyclic amines) is 1. The summed E-state index contributed by atoms with van der Waals surface area (Å²) in [5.41, 5.74) is 1.11. The second-order valence-electron chi connectivity index (χ2n) is 6.78. The van der Waals surface area contributed by atoms with Crippen LogP contribution in [0.25, 0.3) is 0 Å². The van der Waals surface area contributed by atoms with E-state index in [4.69, 9.17) is 11.6 Å². The Morgan fingerprint density at radius 1 is 1.26 bits per heavy atom. The molecule has 4 nitrogen and oxygen atoms in total. The van der Waals surface area contributed by atoms with E-state index in [1.807, 2.05) is 23.1 Å². The zero-order chi connectivity index (χ0) is 16.2. The van der Waals surface area contributed by atoms with Crippen molar-refractivity contribution in [3.8, 4) is 0 Å². The number of carbonyl (C=O) groups excluding carboxylic acids is 1. The maximum absolute atomic E-state index is 12.7. The molecule has 1 amide bonds. The number of halogens is 1. The summed E-state index contributed by atoms with van der Waals surface area (Å²) in [5.74, 6) is 1.00. The molecule has 3 rings (SSSR count). The highest BCUT2D eigenvalue weighted by atomic mass is 35.5. The van der Waals surface area contributed by atoms with Crippen molar-refractivity contribution in [1.82, 2.24) is 15.1 Å². The van der Waals surface area contributed by atoms with E-state index in [1.54, 1.807) is 0 Å². The van der Waals surface area contributed by atoms with Gasteiger partial charge in [0.25, 0.3) is 0 Å². The summed E-state index contributed by atoms with van der Waals surface area (Å²) in [7, 11) is 0. The minimum absolute atomic E-state index is 0.171. The van der Waals surface area contributed by atoms with E-state index < -0.39 is 0 Å². The van der Waals surface area contributed by atoms with Crippen molar-refractivity contribution < 1.29 is 4.79 Å². The normalized spacial score (nSPS) is 23.9. The quantitative estimate of drug-likeness (QED) is 0.922. The first-order valence-electron chi connectivity index (χ1n) is 8.62. The number of rotatable bonds is 3. The van der Waals surface area contributed by atoms with Gasteiger partial charge in [0.1, 0.15) is 0 Å². The van der Waals surface area contributed by atoms with Gasteiger partial charge in [-0.3, -0.25) is 9.69 Å². The van der Waals surface area contributed by atoms with Crippen molar-refractivity contribution in [2.75, 3.05) is 39.3 Å². The van der Waals surface area contributed by atoms with Crippen LogP contribution in [0.1, 0.15) is 31.4 Å². The van der Waals surface area contributed by atoms with E-state index in [1.165, 1.54) is 0 Å². The highest BCUT2D eigenvalue weighted by Crippen LogP contribution is 2.28. The number of nitrogens with one attached hydrogen (secondary N) is 1. The summed E-state index contributed by atoms with van der Waals surface area (Å²) < 4.78 is 0. The van der Waals surface area contributed by atoms with Crippen molar-refractivity contribution in [3.05, 3.63) is 34.9 Å². The molecule has 0 radical (unpaired) electrons. The van der Waals surface area contributed by atoms with Crippen LogP contribution in [-0.4, -0.2) is 55.0 Å². The average molecular weight is 336 g/mol. The van der Waals surface area contributed by atoms with E-state index in [2.05, 4.69) is 23.2 Å². The monoisotopic (exact) mass is 335 g/mol. The molecule has 1 N–H and O–H groups in total. The molecule has 0 spiro atoms. The molecule has 5 heteroatoms. The second kappa shape index (κ2) is 7.65. The molecule has 2 aliphatic rings. The molecule has 1 atom stereocenters. The predicted octanol–water partition coefficient (Wildman–Crippen LogP) is 2.54. The minimum atomic E-state index is 0.171. The van der Waals surface area contributed by atoms with Gasteiger partial charge in [-0.25, -0.2) is 0 Å². The van der Waals surface area contributed by atoms with Crippen LogP contribution in [0.5, 0.6) is 0 Å². The third kappa shape index (κ3) is 4.06. The fraction of sp³-hybridized carbons (Fsp3) is 0.611. The van der Waals surface area contributed by atoms with Crippen LogP contribution < -0.4 is 5.32 Å². The smallest absolute Gasteiger partial charge is 0.236 e. The molecular formula is C18H26ClN3O. The van der Waals surface area contributed by atoms with E-state index >= 15 is 0 Å². The number of amides is 1. The Morgan fingerprint density at radius 2 is 2.00 bits per heavy atom. The molecule has 2 fully saturated rings. The van der Waals surface area contributed by atoms with Crippen molar-refractivity contribution in [2.45, 2.75) is 25.8 Å². The Hall–Kier alpha value is -1.10. The van der Waals surface area contributed by atoms with Gasteiger partial charge in [0.15, 0.2) is 0 Å². The molecule has 23 heavy (non-hydrogen) atoms. The van der Waals surface area contributed by atoms with Crippen molar-refractivity contribution in [3.63, 3.8) is 0 Å². The number of carbonyl (C=O) groups is 1. The maximum Gasteiger partial charge on any atom is 0.236 e. The Morgan fingerprint density at radius 3 is 2.74 bits per heavy atom. The molecule has 126 valence electrons. The summed E-state index contributed by atoms with van der Waals surface area (Å²) in [6, 6.07) is 8.14. The van der Waals surface area contributed by atoms with Crippen LogP contribution in [0.2, 0.25) is 5.02 Å². The molecule has 0 saturated carbocycles. The standard InChI is InChI=1S/C18H26ClN3O/c1-14-6-9-21(10-7-14)18(23)13-22-11-8-20-12-17(22)15-4-2-3-5-16(15)19/h2-5,14,17,20H,6-13H2,1H3. The lowest BCUT2D eigenvalue weighted by Gasteiger charge is -2.38. The number of hydrogen-bond donors (Lipinski definition) is 1. The maximum atomic E-state index is 12.7. The van der Waals surface area contributed by atoms with Crippen molar-refractivity contribution in [2.24, 2.45) is 5.92 Å². The van der Waals surface area contributed by atoms with E-state index in [0.717, 1.165) is 62.1 Å². The van der Waals surface area contributed by atoms with E-state index in [9.17, 15) is 4.79 Å². The van der Waals surface area contributed by atoms with E-state index in [-0.39, 0.29) is 11.9 Å². The number of piperidine rings is 1. The summed E-state index contributed by atoms with van der Waals surface area (Å²) >= 11 is 6.37. The highest BCUT2D eigenvalue weighted by molar-refractivity contribution is 6.31. The van der Waals surface area contributed by atoms with Crippen LogP contribution in [0.15, 0.2) is 24.3 Å². The molecule has 1 aromatic rings. The lowest BCUT2D eigenvalue weighted by molar-refractivity contribution is -0.134. The topological polar surface area (TPSA) is 35.6 Å². The van der Waals surface area contributed by atoms with Gasteiger partial charge in [-0.15, -0.1) is 0 Å². The Balaban J connectivity index is 1.67. The van der Waals surface area contributed by atoms with Crippen LogP contribution in [0, 0.1) is 5.92 Å². The van der Waals surface area contributed by atoms with Gasteiger partial charge in [0, 0.05) is 43.8 Å². The zero-order valence-electron chi connectivity index (χ0n) is 13.8. The zero-order valence-corrected chi connectivity index (χ0v) is 14.6. The number of piperazine rings is 1. The van der Waals surface area contributed by atoms with Gasteiger partial charge in [-0.2, -0.15) is 0 Å². The predicted molar refractivity (Wildman–Crippen MR) is 93.6 cm³/mol. The molecule has 2 saturated heterocycles. The third-order valence-electron chi connectivity index (χ3n) is 5.09. The molecule has 1 unspecified atom stereocenters. The fourth-order valence-corrected chi connectivity index (χ4v) is 3.78. The molecule has 0 bridgehead atoms. The molecular weight excluding hydrogens is 310 g/mol. The average Bonchev–Trinajstić information content (AvgIpc) is 2.56. The Kier molecular flexibility index (Phi) is 5.57. The third-order valence-corrected chi connectivity index (χ3v) is 5.44. The largest absolute Gasteiger partial charge is 0.342 e. The number of nitrogens with zero attached hydrogens (tertiary/aromatic N) is 2. The molecule has 2 aliphatic heterocycles. The van der Waals surface area contributed by atoms with Gasteiger partial charge < -0.3 is 10.2 Å². The van der Waals surface area contributed by atoms with Crippen LogP contribution in [0.4, 0.5) is 0 Å². The van der Waals surface area contributed by atoms with Gasteiger partial charge in [0.05, 0.1) is 6.54 Å². The molecule has 0 aliphatic carbocycles. The molecule has 2 heterocycles. The van der Waals surface area contributed by atoms with Crippen LogP contribution >= 0.6 is 11.6 Å². The second-order valence-corrected chi connectivity index (χ2v) is 7.18.